The van der Waals surface area contributed by atoms with Crippen molar-refractivity contribution in [1.29, 1.82) is 5.26 Å². The molecule has 0 bridgehead atoms. The van der Waals surface area contributed by atoms with Gasteiger partial charge in [-0.1, -0.05) is 29.8 Å². The van der Waals surface area contributed by atoms with Gasteiger partial charge in [-0.2, -0.15) is 5.26 Å². The molecule has 2 aromatic carbocycles. The number of H-pyrrole nitrogens is 1. The largest absolute Gasteiger partial charge is 0.306 e. The van der Waals surface area contributed by atoms with Crippen LogP contribution in [0.1, 0.15) is 22.4 Å². The number of nitrogens with one attached hydrogen (secondary N) is 1. The van der Waals surface area contributed by atoms with Crippen molar-refractivity contribution in [2.75, 3.05) is 6.54 Å². The molecule has 1 N–H and O–H groups in total. The van der Waals surface area contributed by atoms with Crippen LogP contribution >= 0.6 is 11.6 Å². The molecule has 0 amide bonds. The summed E-state index contributed by atoms with van der Waals surface area (Å²) in [6.07, 6.45) is 0.646. The number of rotatable bonds is 3. The minimum absolute atomic E-state index is 0.0815. The zero-order valence-electron chi connectivity index (χ0n) is 14.6. The Bertz CT molecular complexity index is 1080. The lowest BCUT2D eigenvalue weighted by Gasteiger charge is -2.28. The van der Waals surface area contributed by atoms with E-state index in [4.69, 9.17) is 16.6 Å². The van der Waals surface area contributed by atoms with Crippen molar-refractivity contribution in [1.82, 2.24) is 14.9 Å². The van der Waals surface area contributed by atoms with E-state index in [0.717, 1.165) is 28.9 Å². The molecule has 0 unspecified atom stereocenters. The average Bonchev–Trinajstić information content (AvgIpc) is 2.68. The minimum atomic E-state index is -0.0815. The molecular weight excluding hydrogens is 360 g/mol. The Morgan fingerprint density at radius 2 is 1.96 bits per heavy atom. The fraction of sp³-hybridized carbons (Fsp3) is 0.190. The third-order valence-corrected chi connectivity index (χ3v) is 5.05. The van der Waals surface area contributed by atoms with E-state index < -0.39 is 0 Å². The summed E-state index contributed by atoms with van der Waals surface area (Å²) in [6.45, 7) is 2.01. The number of aromatic amines is 1. The highest BCUT2D eigenvalue weighted by Gasteiger charge is 2.22. The number of aromatic nitrogens is 2. The minimum Gasteiger partial charge on any atom is -0.306 e. The molecule has 1 aliphatic heterocycles. The summed E-state index contributed by atoms with van der Waals surface area (Å²) in [5.41, 5.74) is 3.96. The molecule has 1 aliphatic rings. The van der Waals surface area contributed by atoms with Crippen LogP contribution in [-0.2, 0) is 19.5 Å². The van der Waals surface area contributed by atoms with E-state index >= 15 is 0 Å². The van der Waals surface area contributed by atoms with E-state index in [1.165, 1.54) is 0 Å². The van der Waals surface area contributed by atoms with Gasteiger partial charge in [0.25, 0.3) is 5.56 Å². The van der Waals surface area contributed by atoms with Crippen molar-refractivity contribution in [2.45, 2.75) is 19.5 Å². The topological polar surface area (TPSA) is 72.8 Å². The van der Waals surface area contributed by atoms with E-state index in [1.807, 2.05) is 36.4 Å². The van der Waals surface area contributed by atoms with E-state index in [1.54, 1.807) is 12.1 Å². The first-order valence-corrected chi connectivity index (χ1v) is 9.10. The maximum atomic E-state index is 12.5. The molecule has 0 radical (unpaired) electrons. The lowest BCUT2D eigenvalue weighted by Crippen LogP contribution is -2.35. The lowest BCUT2D eigenvalue weighted by atomic mass is 10.0. The van der Waals surface area contributed by atoms with Gasteiger partial charge in [-0.3, -0.25) is 9.69 Å². The van der Waals surface area contributed by atoms with Gasteiger partial charge in [0.2, 0.25) is 0 Å². The quantitative estimate of drug-likeness (QED) is 0.759. The van der Waals surface area contributed by atoms with Crippen LogP contribution in [0.25, 0.3) is 11.4 Å². The number of fused-ring (bicyclic) bond motifs is 1. The highest BCUT2D eigenvalue weighted by Crippen LogP contribution is 2.22. The van der Waals surface area contributed by atoms with Crippen LogP contribution in [-0.4, -0.2) is 21.4 Å². The summed E-state index contributed by atoms with van der Waals surface area (Å²) in [7, 11) is 0. The van der Waals surface area contributed by atoms with Crippen LogP contribution < -0.4 is 5.56 Å². The van der Waals surface area contributed by atoms with Crippen molar-refractivity contribution in [3.63, 3.8) is 0 Å². The number of hydrogen-bond acceptors (Lipinski definition) is 4. The summed E-state index contributed by atoms with van der Waals surface area (Å²) in [5, 5.41) is 9.93. The van der Waals surface area contributed by atoms with E-state index in [0.29, 0.717) is 35.9 Å². The van der Waals surface area contributed by atoms with Gasteiger partial charge < -0.3 is 4.98 Å². The Morgan fingerprint density at radius 3 is 2.74 bits per heavy atom. The maximum Gasteiger partial charge on any atom is 0.254 e. The number of hydrogen-bond donors (Lipinski definition) is 1. The second-order valence-electron chi connectivity index (χ2n) is 6.58. The van der Waals surface area contributed by atoms with Crippen molar-refractivity contribution in [3.8, 4) is 17.5 Å². The molecule has 134 valence electrons. The average molecular weight is 377 g/mol. The molecule has 0 atom stereocenters. The van der Waals surface area contributed by atoms with Gasteiger partial charge in [-0.15, -0.1) is 0 Å². The zero-order chi connectivity index (χ0) is 18.8. The summed E-state index contributed by atoms with van der Waals surface area (Å²) in [5.74, 6) is 0.551. The van der Waals surface area contributed by atoms with Crippen LogP contribution in [0.4, 0.5) is 0 Å². The fourth-order valence-corrected chi connectivity index (χ4v) is 3.51. The molecule has 2 heterocycles. The van der Waals surface area contributed by atoms with Crippen LogP contribution in [0.2, 0.25) is 5.02 Å². The molecule has 0 fully saturated rings. The van der Waals surface area contributed by atoms with Gasteiger partial charge in [0, 0.05) is 35.8 Å². The first kappa shape index (κ1) is 17.5. The predicted octanol–water partition coefficient (Wildman–Crippen LogP) is 3.52. The van der Waals surface area contributed by atoms with Gasteiger partial charge in [0.1, 0.15) is 5.82 Å². The molecule has 0 saturated heterocycles. The zero-order valence-corrected chi connectivity index (χ0v) is 15.3. The second kappa shape index (κ2) is 7.36. The molecule has 0 aliphatic carbocycles. The van der Waals surface area contributed by atoms with Gasteiger partial charge >= 0.3 is 0 Å². The van der Waals surface area contributed by atoms with Crippen LogP contribution in [0, 0.1) is 11.3 Å². The first-order chi connectivity index (χ1) is 13.1. The summed E-state index contributed by atoms with van der Waals surface area (Å²) in [4.78, 5) is 22.3. The molecule has 1 aromatic heterocycles. The lowest BCUT2D eigenvalue weighted by molar-refractivity contribution is 0.240. The van der Waals surface area contributed by atoms with Crippen molar-refractivity contribution in [2.24, 2.45) is 0 Å². The molecule has 27 heavy (non-hydrogen) atoms. The van der Waals surface area contributed by atoms with Gasteiger partial charge in [-0.05, 0) is 42.3 Å². The van der Waals surface area contributed by atoms with E-state index in [2.05, 4.69) is 16.0 Å². The predicted molar refractivity (Wildman–Crippen MR) is 104 cm³/mol. The molecular formula is C21H17ClN4O. The molecule has 0 spiro atoms. The molecule has 3 aromatic rings. The Labute approximate surface area is 161 Å². The Kier molecular flexibility index (Phi) is 4.76. The number of halogens is 1. The van der Waals surface area contributed by atoms with Gasteiger partial charge in [-0.25, -0.2) is 4.98 Å². The number of benzene rings is 2. The summed E-state index contributed by atoms with van der Waals surface area (Å²) in [6, 6.07) is 17.1. The number of nitrogens with zero attached hydrogens (tertiary/aromatic N) is 3. The highest BCUT2D eigenvalue weighted by atomic mass is 35.5. The molecule has 4 rings (SSSR count). The molecule has 6 heteroatoms. The Morgan fingerprint density at radius 1 is 1.19 bits per heavy atom. The van der Waals surface area contributed by atoms with Crippen molar-refractivity contribution < 1.29 is 0 Å². The third kappa shape index (κ3) is 3.63. The van der Waals surface area contributed by atoms with Crippen molar-refractivity contribution in [3.05, 3.63) is 86.3 Å². The second-order valence-corrected chi connectivity index (χ2v) is 7.01. The number of nitriles is 1. The van der Waals surface area contributed by atoms with E-state index in [9.17, 15) is 10.1 Å². The maximum absolute atomic E-state index is 12.5. The molecule has 5 nitrogen and oxygen atoms in total. The third-order valence-electron chi connectivity index (χ3n) is 4.80. The Balaban J connectivity index is 1.63. The standard InChI is InChI=1S/C21H17ClN4O/c22-17-7-5-14(6-8-17)20-24-19-13-26(10-9-18(19)21(27)25-20)12-16-4-2-1-3-15(16)11-23/h1-8H,9-10,12-13H2,(H,24,25,27). The Hall–Kier alpha value is -2.94. The monoisotopic (exact) mass is 376 g/mol. The SMILES string of the molecule is N#Cc1ccccc1CN1CCc2c(nc(-c3ccc(Cl)cc3)[nH]c2=O)C1. The normalized spacial score (nSPS) is 13.8. The van der Waals surface area contributed by atoms with E-state index in [-0.39, 0.29) is 5.56 Å². The van der Waals surface area contributed by atoms with Crippen LogP contribution in [0.5, 0.6) is 0 Å². The smallest absolute Gasteiger partial charge is 0.254 e. The fourth-order valence-electron chi connectivity index (χ4n) is 3.38. The first-order valence-electron chi connectivity index (χ1n) is 8.72. The van der Waals surface area contributed by atoms with Crippen LogP contribution in [0.15, 0.2) is 53.3 Å². The summed E-state index contributed by atoms with van der Waals surface area (Å²) >= 11 is 5.94. The van der Waals surface area contributed by atoms with Crippen molar-refractivity contribution >= 4 is 11.6 Å². The van der Waals surface area contributed by atoms with Gasteiger partial charge in [0.05, 0.1) is 17.3 Å². The summed E-state index contributed by atoms with van der Waals surface area (Å²) < 4.78 is 0. The van der Waals surface area contributed by atoms with Gasteiger partial charge in [0.15, 0.2) is 0 Å². The molecule has 0 saturated carbocycles. The van der Waals surface area contributed by atoms with Crippen LogP contribution in [0.3, 0.4) is 0 Å². The highest BCUT2D eigenvalue weighted by molar-refractivity contribution is 6.30.